The molecule has 1 aromatic heterocycles. The zero-order valence-electron chi connectivity index (χ0n) is 10.3. The van der Waals surface area contributed by atoms with Crippen LogP contribution in [0.2, 0.25) is 0 Å². The second-order valence-electron chi connectivity index (χ2n) is 4.10. The van der Waals surface area contributed by atoms with E-state index < -0.39 is 10.0 Å². The van der Waals surface area contributed by atoms with Crippen LogP contribution in [0, 0.1) is 6.92 Å². The first-order chi connectivity index (χ1) is 8.51. The molecule has 0 saturated carbocycles. The molecule has 0 unspecified atom stereocenters. The quantitative estimate of drug-likeness (QED) is 0.912. The van der Waals surface area contributed by atoms with Crippen molar-refractivity contribution in [2.75, 3.05) is 7.05 Å². The van der Waals surface area contributed by atoms with Crippen LogP contribution in [0.4, 0.5) is 0 Å². The molecule has 96 valence electrons. The van der Waals surface area contributed by atoms with E-state index in [1.165, 1.54) is 16.8 Å². The van der Waals surface area contributed by atoms with Crippen molar-refractivity contribution in [3.63, 3.8) is 0 Å². The molecule has 0 fully saturated rings. The summed E-state index contributed by atoms with van der Waals surface area (Å²) in [6, 6.07) is 7.72. The van der Waals surface area contributed by atoms with Crippen LogP contribution in [-0.2, 0) is 16.6 Å². The first-order valence-corrected chi connectivity index (χ1v) is 6.95. The van der Waals surface area contributed by atoms with Gasteiger partial charge >= 0.3 is 0 Å². The average Bonchev–Trinajstić information content (AvgIpc) is 2.86. The Labute approximate surface area is 107 Å². The SMILES string of the molecule is Cc1ccccc1CN(C)S(=O)(=O)c1cnc[nH]1. The van der Waals surface area contributed by atoms with Crippen molar-refractivity contribution < 1.29 is 8.42 Å². The summed E-state index contributed by atoms with van der Waals surface area (Å²) >= 11 is 0. The molecule has 0 amide bonds. The van der Waals surface area contributed by atoms with Gasteiger partial charge in [0.2, 0.25) is 0 Å². The van der Waals surface area contributed by atoms with E-state index in [9.17, 15) is 8.42 Å². The van der Waals surface area contributed by atoms with Gasteiger partial charge in [0.1, 0.15) is 0 Å². The normalized spacial score (nSPS) is 11.9. The number of aromatic nitrogens is 2. The van der Waals surface area contributed by atoms with Crippen LogP contribution in [0.3, 0.4) is 0 Å². The van der Waals surface area contributed by atoms with Gasteiger partial charge in [-0.05, 0) is 18.1 Å². The van der Waals surface area contributed by atoms with Crippen molar-refractivity contribution in [3.8, 4) is 0 Å². The molecule has 0 aliphatic heterocycles. The highest BCUT2D eigenvalue weighted by molar-refractivity contribution is 7.89. The maximum absolute atomic E-state index is 12.2. The Kier molecular flexibility index (Phi) is 3.49. The Bertz CT molecular complexity index is 621. The number of hydrogen-bond donors (Lipinski definition) is 1. The fourth-order valence-corrected chi connectivity index (χ4v) is 2.70. The zero-order valence-corrected chi connectivity index (χ0v) is 11.1. The van der Waals surface area contributed by atoms with Crippen molar-refractivity contribution >= 4 is 10.0 Å². The van der Waals surface area contributed by atoms with Crippen LogP contribution in [-0.4, -0.2) is 29.7 Å². The van der Waals surface area contributed by atoms with E-state index in [0.29, 0.717) is 6.54 Å². The van der Waals surface area contributed by atoms with E-state index in [2.05, 4.69) is 9.97 Å². The molecule has 0 bridgehead atoms. The second-order valence-corrected chi connectivity index (χ2v) is 6.12. The molecule has 0 saturated heterocycles. The highest BCUT2D eigenvalue weighted by Gasteiger charge is 2.22. The summed E-state index contributed by atoms with van der Waals surface area (Å²) in [5, 5.41) is 0.110. The molecule has 0 aliphatic carbocycles. The van der Waals surface area contributed by atoms with Crippen molar-refractivity contribution in [1.82, 2.24) is 14.3 Å². The lowest BCUT2D eigenvalue weighted by Crippen LogP contribution is -2.27. The fourth-order valence-electron chi connectivity index (χ4n) is 1.66. The van der Waals surface area contributed by atoms with Gasteiger partial charge in [-0.25, -0.2) is 13.4 Å². The number of nitrogens with zero attached hydrogens (tertiary/aromatic N) is 2. The van der Waals surface area contributed by atoms with Gasteiger partial charge in [0.15, 0.2) is 5.03 Å². The maximum Gasteiger partial charge on any atom is 0.260 e. The van der Waals surface area contributed by atoms with Crippen molar-refractivity contribution in [3.05, 3.63) is 47.9 Å². The van der Waals surface area contributed by atoms with Crippen LogP contribution in [0.25, 0.3) is 0 Å². The minimum atomic E-state index is -3.50. The zero-order chi connectivity index (χ0) is 13.2. The lowest BCUT2D eigenvalue weighted by molar-refractivity contribution is 0.463. The lowest BCUT2D eigenvalue weighted by atomic mass is 10.1. The van der Waals surface area contributed by atoms with Gasteiger partial charge in [0.05, 0.1) is 12.5 Å². The van der Waals surface area contributed by atoms with Crippen LogP contribution >= 0.6 is 0 Å². The molecule has 5 nitrogen and oxygen atoms in total. The summed E-state index contributed by atoms with van der Waals surface area (Å²) in [6.07, 6.45) is 2.66. The molecule has 0 aliphatic rings. The lowest BCUT2D eigenvalue weighted by Gasteiger charge is -2.17. The Morgan fingerprint density at radius 3 is 2.67 bits per heavy atom. The predicted molar refractivity (Wildman–Crippen MR) is 68.4 cm³/mol. The second kappa shape index (κ2) is 4.91. The molecule has 0 atom stereocenters. The Morgan fingerprint density at radius 1 is 1.33 bits per heavy atom. The van der Waals surface area contributed by atoms with Gasteiger partial charge in [0, 0.05) is 13.6 Å². The third kappa shape index (κ3) is 2.44. The van der Waals surface area contributed by atoms with Gasteiger partial charge in [-0.15, -0.1) is 0 Å². The monoisotopic (exact) mass is 265 g/mol. The Hall–Kier alpha value is -1.66. The van der Waals surface area contributed by atoms with E-state index >= 15 is 0 Å². The summed E-state index contributed by atoms with van der Waals surface area (Å²) in [4.78, 5) is 6.35. The van der Waals surface area contributed by atoms with Crippen LogP contribution < -0.4 is 0 Å². The minimum absolute atomic E-state index is 0.110. The minimum Gasteiger partial charge on any atom is -0.335 e. The largest absolute Gasteiger partial charge is 0.335 e. The molecular formula is C12H15N3O2S. The third-order valence-corrected chi connectivity index (χ3v) is 4.54. The van der Waals surface area contributed by atoms with E-state index in [4.69, 9.17) is 0 Å². The standard InChI is InChI=1S/C12H15N3O2S/c1-10-5-3-4-6-11(10)8-15(2)18(16,17)12-7-13-9-14-12/h3-7,9H,8H2,1-2H3,(H,13,14). The van der Waals surface area contributed by atoms with E-state index in [-0.39, 0.29) is 5.03 Å². The van der Waals surface area contributed by atoms with Crippen molar-refractivity contribution in [2.45, 2.75) is 18.5 Å². The highest BCUT2D eigenvalue weighted by Crippen LogP contribution is 2.15. The third-order valence-electron chi connectivity index (χ3n) is 2.82. The number of rotatable bonds is 4. The van der Waals surface area contributed by atoms with Gasteiger partial charge in [0.25, 0.3) is 10.0 Å². The molecule has 1 heterocycles. The summed E-state index contributed by atoms with van der Waals surface area (Å²) < 4.78 is 25.6. The first kappa shape index (κ1) is 12.8. The number of aromatic amines is 1. The van der Waals surface area contributed by atoms with Gasteiger partial charge in [-0.2, -0.15) is 4.31 Å². The fraction of sp³-hybridized carbons (Fsp3) is 0.250. The van der Waals surface area contributed by atoms with Crippen LogP contribution in [0.5, 0.6) is 0 Å². The number of aryl methyl sites for hydroxylation is 1. The molecule has 0 radical (unpaired) electrons. The molecular weight excluding hydrogens is 250 g/mol. The number of nitrogens with one attached hydrogen (secondary N) is 1. The first-order valence-electron chi connectivity index (χ1n) is 5.51. The smallest absolute Gasteiger partial charge is 0.260 e. The van der Waals surface area contributed by atoms with E-state index in [0.717, 1.165) is 11.1 Å². The molecule has 6 heteroatoms. The molecule has 1 N–H and O–H groups in total. The highest BCUT2D eigenvalue weighted by atomic mass is 32.2. The number of H-pyrrole nitrogens is 1. The van der Waals surface area contributed by atoms with Crippen molar-refractivity contribution in [1.29, 1.82) is 0 Å². The van der Waals surface area contributed by atoms with Gasteiger partial charge in [-0.3, -0.25) is 0 Å². The predicted octanol–water partition coefficient (Wildman–Crippen LogP) is 1.54. The Balaban J connectivity index is 2.24. The van der Waals surface area contributed by atoms with E-state index in [1.54, 1.807) is 7.05 Å². The van der Waals surface area contributed by atoms with Gasteiger partial charge in [-0.1, -0.05) is 24.3 Å². The van der Waals surface area contributed by atoms with E-state index in [1.807, 2.05) is 31.2 Å². The Morgan fingerprint density at radius 2 is 2.06 bits per heavy atom. The number of hydrogen-bond acceptors (Lipinski definition) is 3. The summed E-state index contributed by atoms with van der Waals surface area (Å²) in [7, 11) is -1.94. The molecule has 1 aromatic carbocycles. The van der Waals surface area contributed by atoms with Crippen LogP contribution in [0.15, 0.2) is 41.8 Å². The molecule has 0 spiro atoms. The molecule has 18 heavy (non-hydrogen) atoms. The number of sulfonamides is 1. The summed E-state index contributed by atoms with van der Waals surface area (Å²) in [5.74, 6) is 0. The number of imidazole rings is 1. The van der Waals surface area contributed by atoms with Gasteiger partial charge < -0.3 is 4.98 Å². The summed E-state index contributed by atoms with van der Waals surface area (Å²) in [5.41, 5.74) is 2.06. The average molecular weight is 265 g/mol. The summed E-state index contributed by atoms with van der Waals surface area (Å²) in [6.45, 7) is 2.31. The molecule has 2 rings (SSSR count). The molecule has 2 aromatic rings. The maximum atomic E-state index is 12.2. The number of benzene rings is 1. The van der Waals surface area contributed by atoms with Crippen molar-refractivity contribution in [2.24, 2.45) is 0 Å². The van der Waals surface area contributed by atoms with Crippen LogP contribution in [0.1, 0.15) is 11.1 Å². The topological polar surface area (TPSA) is 66.1 Å².